The van der Waals surface area contributed by atoms with Gasteiger partial charge in [-0.2, -0.15) is 0 Å². The second-order valence-electron chi connectivity index (χ2n) is 9.76. The molecule has 1 aliphatic rings. The van der Waals surface area contributed by atoms with Gasteiger partial charge in [0.25, 0.3) is 0 Å². The van der Waals surface area contributed by atoms with E-state index in [1.165, 1.54) is 0 Å². The molecular formula is C27H43NO5S. The standard InChI is InChI=1S/C20H34O5.C7H9NS/c1-14-7-5-8-16(13-21)9-6-10-25-18(23)12-17(22)20(3,4)19(24)15(2)11-14;1-3-4-7-5-9-6(2)8-7/h9,14-15,17,21-22H,5-8,10-13H2,1-4H3;3-5H,1-2H3/b16-9+;4-3-. The molecule has 7 heteroatoms. The van der Waals surface area contributed by atoms with Crippen molar-refractivity contribution in [3.05, 3.63) is 33.8 Å². The number of thiazole rings is 1. The normalized spacial score (nSPS) is 26.8. The number of hydrogen-bond donors (Lipinski definition) is 2. The summed E-state index contributed by atoms with van der Waals surface area (Å²) in [4.78, 5) is 28.9. The predicted molar refractivity (Wildman–Crippen MR) is 139 cm³/mol. The van der Waals surface area contributed by atoms with E-state index in [2.05, 4.69) is 17.3 Å². The number of aryl methyl sites for hydroxylation is 1. The zero-order chi connectivity index (χ0) is 25.7. The molecule has 0 aromatic carbocycles. The van der Waals surface area contributed by atoms with Gasteiger partial charge < -0.3 is 14.9 Å². The lowest BCUT2D eigenvalue weighted by atomic mass is 9.74. The van der Waals surface area contributed by atoms with Crippen LogP contribution in [0.2, 0.25) is 0 Å². The van der Waals surface area contributed by atoms with Gasteiger partial charge in [-0.15, -0.1) is 11.3 Å². The highest BCUT2D eigenvalue weighted by Crippen LogP contribution is 2.31. The maximum atomic E-state index is 12.8. The minimum absolute atomic E-state index is 0.0114. The Labute approximate surface area is 209 Å². The fourth-order valence-electron chi connectivity index (χ4n) is 4.09. The van der Waals surface area contributed by atoms with Crippen LogP contribution in [0.25, 0.3) is 6.08 Å². The summed E-state index contributed by atoms with van der Waals surface area (Å²) < 4.78 is 5.14. The number of allylic oxidation sites excluding steroid dienone is 1. The largest absolute Gasteiger partial charge is 0.465 e. The molecule has 1 aliphatic heterocycles. The number of ketones is 1. The van der Waals surface area contributed by atoms with E-state index < -0.39 is 17.5 Å². The number of esters is 1. The van der Waals surface area contributed by atoms with Gasteiger partial charge in [-0.1, -0.05) is 46.3 Å². The van der Waals surface area contributed by atoms with Crippen LogP contribution in [0.4, 0.5) is 0 Å². The van der Waals surface area contributed by atoms with Crippen LogP contribution in [0.1, 0.15) is 83.8 Å². The number of aromatic nitrogens is 1. The quantitative estimate of drug-likeness (QED) is 0.416. The van der Waals surface area contributed by atoms with Crippen LogP contribution in [0.15, 0.2) is 23.1 Å². The lowest BCUT2D eigenvalue weighted by molar-refractivity contribution is -0.150. The van der Waals surface area contributed by atoms with Crippen LogP contribution < -0.4 is 0 Å². The predicted octanol–water partition coefficient (Wildman–Crippen LogP) is 5.52. The Morgan fingerprint density at radius 2 is 2.00 bits per heavy atom. The molecule has 1 aromatic rings. The highest BCUT2D eigenvalue weighted by molar-refractivity contribution is 7.09. The third-order valence-corrected chi connectivity index (χ3v) is 7.01. The van der Waals surface area contributed by atoms with Crippen LogP contribution in [-0.2, 0) is 14.3 Å². The Bertz CT molecular complexity index is 827. The summed E-state index contributed by atoms with van der Waals surface area (Å²) in [6, 6.07) is 0. The second-order valence-corrected chi connectivity index (χ2v) is 10.8. The van der Waals surface area contributed by atoms with Gasteiger partial charge in [0.1, 0.15) is 5.78 Å². The number of ether oxygens (including phenoxy) is 1. The molecule has 0 saturated carbocycles. The van der Waals surface area contributed by atoms with Crippen LogP contribution >= 0.6 is 11.3 Å². The van der Waals surface area contributed by atoms with Gasteiger partial charge in [0.15, 0.2) is 0 Å². The molecule has 192 valence electrons. The van der Waals surface area contributed by atoms with E-state index >= 15 is 0 Å². The van der Waals surface area contributed by atoms with Gasteiger partial charge >= 0.3 is 5.97 Å². The molecule has 0 radical (unpaired) electrons. The highest BCUT2D eigenvalue weighted by atomic mass is 32.1. The molecule has 2 heterocycles. The number of aliphatic hydroxyl groups excluding tert-OH is 2. The van der Waals surface area contributed by atoms with Crippen LogP contribution in [0, 0.1) is 24.2 Å². The molecule has 3 unspecified atom stereocenters. The first kappa shape index (κ1) is 30.2. The maximum absolute atomic E-state index is 12.8. The molecule has 2 rings (SSSR count). The molecule has 6 nitrogen and oxygen atoms in total. The lowest BCUT2D eigenvalue weighted by Gasteiger charge is -2.32. The molecular weight excluding hydrogens is 450 g/mol. The van der Waals surface area contributed by atoms with Gasteiger partial charge in [-0.25, -0.2) is 4.98 Å². The summed E-state index contributed by atoms with van der Waals surface area (Å²) in [6.45, 7) is 11.7. The minimum Gasteiger partial charge on any atom is -0.465 e. The fraction of sp³-hybridized carbons (Fsp3) is 0.667. The van der Waals surface area contributed by atoms with E-state index in [0.29, 0.717) is 12.3 Å². The Morgan fingerprint density at radius 3 is 2.59 bits per heavy atom. The number of nitrogens with zero attached hydrogens (tertiary/aromatic N) is 1. The number of cyclic esters (lactones) is 1. The monoisotopic (exact) mass is 493 g/mol. The zero-order valence-electron chi connectivity index (χ0n) is 21.7. The van der Waals surface area contributed by atoms with Crippen molar-refractivity contribution in [2.24, 2.45) is 17.3 Å². The summed E-state index contributed by atoms with van der Waals surface area (Å²) in [5.41, 5.74) is 1.06. The van der Waals surface area contributed by atoms with E-state index in [-0.39, 0.29) is 31.3 Å². The van der Waals surface area contributed by atoms with Gasteiger partial charge in [0.05, 0.1) is 41.9 Å². The van der Waals surface area contributed by atoms with Gasteiger partial charge in [-0.05, 0) is 57.1 Å². The molecule has 34 heavy (non-hydrogen) atoms. The van der Waals surface area contributed by atoms with E-state index in [0.717, 1.165) is 42.0 Å². The number of Topliss-reactive ketones (excluding diaryl/α,β-unsaturated/α-hetero) is 1. The molecule has 0 fully saturated rings. The molecule has 2 N–H and O–H groups in total. The first-order chi connectivity index (χ1) is 16.0. The van der Waals surface area contributed by atoms with Gasteiger partial charge in [-0.3, -0.25) is 9.59 Å². The van der Waals surface area contributed by atoms with E-state index in [1.54, 1.807) is 25.2 Å². The number of carbonyl (C=O) groups excluding carboxylic acids is 2. The second kappa shape index (κ2) is 15.2. The summed E-state index contributed by atoms with van der Waals surface area (Å²) in [6.07, 6.45) is 8.77. The molecule has 0 saturated heterocycles. The van der Waals surface area contributed by atoms with Crippen LogP contribution in [0.5, 0.6) is 0 Å². The Morgan fingerprint density at radius 1 is 1.29 bits per heavy atom. The van der Waals surface area contributed by atoms with Crippen molar-refractivity contribution >= 4 is 29.2 Å². The number of carbonyl (C=O) groups is 2. The molecule has 0 amide bonds. The van der Waals surface area contributed by atoms with E-state index in [9.17, 15) is 19.8 Å². The van der Waals surface area contributed by atoms with Crippen molar-refractivity contribution in [2.45, 2.75) is 86.2 Å². The van der Waals surface area contributed by atoms with Crippen molar-refractivity contribution in [3.63, 3.8) is 0 Å². The highest BCUT2D eigenvalue weighted by Gasteiger charge is 2.39. The average Bonchev–Trinajstić information content (AvgIpc) is 3.19. The summed E-state index contributed by atoms with van der Waals surface area (Å²) in [5.74, 6) is -0.288. The Balaban J connectivity index is 0.000000533. The minimum atomic E-state index is -1.05. The van der Waals surface area contributed by atoms with Gasteiger partial charge in [0.2, 0.25) is 0 Å². The average molecular weight is 494 g/mol. The van der Waals surface area contributed by atoms with Crippen LogP contribution in [-0.4, -0.2) is 46.3 Å². The number of hydrogen-bond acceptors (Lipinski definition) is 7. The SMILES string of the molecule is C/C=C\c1csc(C)n1.CC1CCC/C(CO)=C\CCOC(=O)CC(O)C(C)(C)C(=O)C(C)C1. The Hall–Kier alpha value is -1.83. The summed E-state index contributed by atoms with van der Waals surface area (Å²) in [7, 11) is 0. The van der Waals surface area contributed by atoms with Crippen molar-refractivity contribution < 1.29 is 24.5 Å². The third kappa shape index (κ3) is 10.6. The first-order valence-corrected chi connectivity index (χ1v) is 13.1. The van der Waals surface area contributed by atoms with Crippen LogP contribution in [0.3, 0.4) is 0 Å². The number of aliphatic hydroxyl groups is 2. The topological polar surface area (TPSA) is 96.7 Å². The smallest absolute Gasteiger partial charge is 0.308 e. The third-order valence-electron chi connectivity index (χ3n) is 6.22. The zero-order valence-corrected chi connectivity index (χ0v) is 22.5. The molecule has 3 atom stereocenters. The van der Waals surface area contributed by atoms with Gasteiger partial charge in [0, 0.05) is 11.3 Å². The Kier molecular flexibility index (Phi) is 13.5. The van der Waals surface area contributed by atoms with Crippen molar-refractivity contribution in [3.8, 4) is 0 Å². The lowest BCUT2D eigenvalue weighted by Crippen LogP contribution is -2.42. The van der Waals surface area contributed by atoms with E-state index in [4.69, 9.17) is 4.74 Å². The molecule has 0 bridgehead atoms. The molecule has 0 spiro atoms. The first-order valence-electron chi connectivity index (χ1n) is 12.2. The number of rotatable bonds is 2. The van der Waals surface area contributed by atoms with Crippen molar-refractivity contribution in [1.82, 2.24) is 4.98 Å². The molecule has 0 aliphatic carbocycles. The van der Waals surface area contributed by atoms with Crippen molar-refractivity contribution in [2.75, 3.05) is 13.2 Å². The maximum Gasteiger partial charge on any atom is 0.308 e. The fourth-order valence-corrected chi connectivity index (χ4v) is 4.67. The molecule has 1 aromatic heterocycles. The van der Waals surface area contributed by atoms with Crippen molar-refractivity contribution in [1.29, 1.82) is 0 Å². The van der Waals surface area contributed by atoms with E-state index in [1.807, 2.05) is 39.0 Å². The summed E-state index contributed by atoms with van der Waals surface area (Å²) >= 11 is 1.68. The summed E-state index contributed by atoms with van der Waals surface area (Å²) in [5, 5.41) is 23.0.